The van der Waals surface area contributed by atoms with Gasteiger partial charge < -0.3 is 20.6 Å². The number of hydrogen-bond acceptors (Lipinski definition) is 4. The Bertz CT molecular complexity index is 851. The number of rotatable bonds is 2. The van der Waals surface area contributed by atoms with Gasteiger partial charge >= 0.3 is 11.1 Å². The molecular weight excluding hydrogens is 276 g/mol. The van der Waals surface area contributed by atoms with E-state index in [0.29, 0.717) is 23.3 Å². The SMILES string of the molecule is O=C1CC(C(=O)Nc2ccc3[nH]c(=O)c(=O)[nH]c3c2)CN1. The predicted octanol–water partition coefficient (Wildman–Crippen LogP) is -0.709. The van der Waals surface area contributed by atoms with Gasteiger partial charge in [0.05, 0.1) is 17.0 Å². The molecule has 1 saturated heterocycles. The van der Waals surface area contributed by atoms with Gasteiger partial charge in [-0.3, -0.25) is 19.2 Å². The van der Waals surface area contributed by atoms with Crippen LogP contribution >= 0.6 is 0 Å². The van der Waals surface area contributed by atoms with Gasteiger partial charge in [0, 0.05) is 18.7 Å². The van der Waals surface area contributed by atoms with E-state index in [1.165, 1.54) is 0 Å². The minimum absolute atomic E-state index is 0.143. The minimum atomic E-state index is -0.753. The fraction of sp³-hybridized carbons (Fsp3) is 0.231. The predicted molar refractivity (Wildman–Crippen MR) is 74.9 cm³/mol. The molecule has 4 N–H and O–H groups in total. The average Bonchev–Trinajstić information content (AvgIpc) is 2.87. The molecule has 0 saturated carbocycles. The van der Waals surface area contributed by atoms with E-state index < -0.39 is 17.0 Å². The topological polar surface area (TPSA) is 124 Å². The van der Waals surface area contributed by atoms with Crippen molar-refractivity contribution in [3.63, 3.8) is 0 Å². The number of nitrogens with one attached hydrogen (secondary N) is 4. The molecule has 21 heavy (non-hydrogen) atoms. The molecule has 8 nitrogen and oxygen atoms in total. The molecule has 2 aromatic rings. The molecule has 0 spiro atoms. The van der Waals surface area contributed by atoms with Crippen LogP contribution in [0, 0.1) is 5.92 Å². The molecule has 2 heterocycles. The normalized spacial score (nSPS) is 17.7. The van der Waals surface area contributed by atoms with E-state index in [4.69, 9.17) is 0 Å². The largest absolute Gasteiger partial charge is 0.355 e. The van der Waals surface area contributed by atoms with Gasteiger partial charge in [0.25, 0.3) is 0 Å². The number of H-pyrrole nitrogens is 2. The Morgan fingerprint density at radius 1 is 1.10 bits per heavy atom. The van der Waals surface area contributed by atoms with Crippen LogP contribution in [0.5, 0.6) is 0 Å². The van der Waals surface area contributed by atoms with Crippen LogP contribution in [0.4, 0.5) is 5.69 Å². The molecule has 1 fully saturated rings. The molecule has 0 radical (unpaired) electrons. The molecule has 2 amide bonds. The zero-order chi connectivity index (χ0) is 15.0. The molecule has 108 valence electrons. The Hall–Kier alpha value is -2.90. The first-order chi connectivity index (χ1) is 10.0. The number of hydrogen-bond donors (Lipinski definition) is 4. The summed E-state index contributed by atoms with van der Waals surface area (Å²) in [4.78, 5) is 50.4. The lowest BCUT2D eigenvalue weighted by Crippen LogP contribution is -2.29. The number of aromatic amines is 2. The van der Waals surface area contributed by atoms with Crippen LogP contribution in [-0.4, -0.2) is 28.3 Å². The molecule has 1 aromatic carbocycles. The molecular formula is C13H12N4O4. The van der Waals surface area contributed by atoms with Gasteiger partial charge in [0.15, 0.2) is 0 Å². The van der Waals surface area contributed by atoms with E-state index in [0.717, 1.165) is 0 Å². The summed E-state index contributed by atoms with van der Waals surface area (Å²) in [6.45, 7) is 0.322. The molecule has 1 unspecified atom stereocenters. The van der Waals surface area contributed by atoms with Gasteiger partial charge in [-0.2, -0.15) is 0 Å². The summed E-state index contributed by atoms with van der Waals surface area (Å²) in [5.74, 6) is -0.808. The van der Waals surface area contributed by atoms with Crippen molar-refractivity contribution >= 4 is 28.5 Å². The number of aromatic nitrogens is 2. The summed E-state index contributed by atoms with van der Waals surface area (Å²) < 4.78 is 0. The third-order valence-electron chi connectivity index (χ3n) is 3.34. The van der Waals surface area contributed by atoms with Crippen molar-refractivity contribution in [2.45, 2.75) is 6.42 Å². The van der Waals surface area contributed by atoms with Gasteiger partial charge in [-0.1, -0.05) is 0 Å². The van der Waals surface area contributed by atoms with Gasteiger partial charge in [0.1, 0.15) is 0 Å². The van der Waals surface area contributed by atoms with Gasteiger partial charge in [0.2, 0.25) is 11.8 Å². The maximum atomic E-state index is 12.0. The summed E-state index contributed by atoms with van der Waals surface area (Å²) in [5.41, 5.74) is -0.116. The zero-order valence-corrected chi connectivity index (χ0v) is 10.9. The first-order valence-electron chi connectivity index (χ1n) is 6.37. The molecule has 1 aliphatic rings. The standard InChI is InChI=1S/C13H12N4O4/c18-10-3-6(5-14-10)11(19)15-7-1-2-8-9(4-7)17-13(21)12(20)16-8/h1-2,4,6H,3,5H2,(H,14,18)(H,15,19)(H,16,20)(H,17,21). The van der Waals surface area contributed by atoms with E-state index in [-0.39, 0.29) is 18.2 Å². The maximum absolute atomic E-state index is 12.0. The fourth-order valence-electron chi connectivity index (χ4n) is 2.23. The van der Waals surface area contributed by atoms with E-state index in [9.17, 15) is 19.2 Å². The molecule has 1 aromatic heterocycles. The highest BCUT2D eigenvalue weighted by molar-refractivity contribution is 5.98. The number of carbonyl (C=O) groups excluding carboxylic acids is 2. The van der Waals surface area contributed by atoms with Crippen molar-refractivity contribution in [1.29, 1.82) is 0 Å². The van der Waals surface area contributed by atoms with Gasteiger partial charge in [-0.05, 0) is 18.2 Å². The monoisotopic (exact) mass is 288 g/mol. The van der Waals surface area contributed by atoms with Crippen molar-refractivity contribution in [2.75, 3.05) is 11.9 Å². The Balaban J connectivity index is 1.86. The fourth-order valence-corrected chi connectivity index (χ4v) is 2.23. The lowest BCUT2D eigenvalue weighted by atomic mass is 10.1. The lowest BCUT2D eigenvalue weighted by Gasteiger charge is -2.09. The van der Waals surface area contributed by atoms with Crippen molar-refractivity contribution < 1.29 is 9.59 Å². The Morgan fingerprint density at radius 2 is 1.81 bits per heavy atom. The highest BCUT2D eigenvalue weighted by atomic mass is 16.2. The lowest BCUT2D eigenvalue weighted by molar-refractivity contribution is -0.123. The number of benzene rings is 1. The number of fused-ring (bicyclic) bond motifs is 1. The van der Waals surface area contributed by atoms with Crippen LogP contribution in [0.3, 0.4) is 0 Å². The van der Waals surface area contributed by atoms with Crippen LogP contribution < -0.4 is 21.8 Å². The van der Waals surface area contributed by atoms with Crippen molar-refractivity contribution in [2.24, 2.45) is 5.92 Å². The maximum Gasteiger partial charge on any atom is 0.314 e. The molecule has 1 atom stereocenters. The van der Waals surface area contributed by atoms with E-state index in [1.54, 1.807) is 18.2 Å². The second-order valence-electron chi connectivity index (χ2n) is 4.86. The van der Waals surface area contributed by atoms with Gasteiger partial charge in [-0.15, -0.1) is 0 Å². The summed E-state index contributed by atoms with van der Waals surface area (Å²) >= 11 is 0. The number of anilines is 1. The Morgan fingerprint density at radius 3 is 2.48 bits per heavy atom. The zero-order valence-electron chi connectivity index (χ0n) is 10.9. The molecule has 8 heteroatoms. The van der Waals surface area contributed by atoms with Crippen molar-refractivity contribution in [3.05, 3.63) is 38.9 Å². The Kier molecular flexibility index (Phi) is 3.05. The summed E-state index contributed by atoms with van der Waals surface area (Å²) in [5, 5.41) is 5.28. The molecule has 1 aliphatic heterocycles. The van der Waals surface area contributed by atoms with Crippen molar-refractivity contribution in [1.82, 2.24) is 15.3 Å². The second kappa shape index (κ2) is 4.89. The number of carbonyl (C=O) groups is 2. The van der Waals surface area contributed by atoms with Crippen LogP contribution in [0.15, 0.2) is 27.8 Å². The number of amides is 2. The van der Waals surface area contributed by atoms with E-state index in [1.807, 2.05) is 0 Å². The first-order valence-corrected chi connectivity index (χ1v) is 6.37. The van der Waals surface area contributed by atoms with Crippen LogP contribution in [0.2, 0.25) is 0 Å². The van der Waals surface area contributed by atoms with E-state index >= 15 is 0 Å². The minimum Gasteiger partial charge on any atom is -0.355 e. The molecule has 3 rings (SSSR count). The first kappa shape index (κ1) is 13.1. The molecule has 0 bridgehead atoms. The van der Waals surface area contributed by atoms with E-state index in [2.05, 4.69) is 20.6 Å². The average molecular weight is 288 g/mol. The smallest absolute Gasteiger partial charge is 0.314 e. The molecule has 0 aliphatic carbocycles. The summed E-state index contributed by atoms with van der Waals surface area (Å²) in [6, 6.07) is 4.74. The summed E-state index contributed by atoms with van der Waals surface area (Å²) in [7, 11) is 0. The quantitative estimate of drug-likeness (QED) is 0.545. The van der Waals surface area contributed by atoms with Crippen LogP contribution in [0.1, 0.15) is 6.42 Å². The third-order valence-corrected chi connectivity index (χ3v) is 3.34. The van der Waals surface area contributed by atoms with Crippen molar-refractivity contribution in [3.8, 4) is 0 Å². The van der Waals surface area contributed by atoms with Crippen LogP contribution in [-0.2, 0) is 9.59 Å². The Labute approximate surface area is 117 Å². The van der Waals surface area contributed by atoms with Gasteiger partial charge in [-0.25, -0.2) is 0 Å². The van der Waals surface area contributed by atoms with Crippen LogP contribution in [0.25, 0.3) is 11.0 Å². The summed E-state index contributed by atoms with van der Waals surface area (Å²) in [6.07, 6.45) is 0.170. The second-order valence-corrected chi connectivity index (χ2v) is 4.86. The highest BCUT2D eigenvalue weighted by Crippen LogP contribution is 2.16. The third kappa shape index (κ3) is 2.55. The highest BCUT2D eigenvalue weighted by Gasteiger charge is 2.27.